The minimum Gasteiger partial charge on any atom is -0.306 e. The van der Waals surface area contributed by atoms with E-state index in [1.165, 1.54) is 17.8 Å². The lowest BCUT2D eigenvalue weighted by atomic mass is 10.1. The van der Waals surface area contributed by atoms with Gasteiger partial charge in [-0.25, -0.2) is 9.36 Å². The number of H-pyrrole nitrogens is 1. The normalized spacial score (nSPS) is 10.9. The van der Waals surface area contributed by atoms with Crippen molar-refractivity contribution in [3.63, 3.8) is 0 Å². The van der Waals surface area contributed by atoms with Gasteiger partial charge in [0.2, 0.25) is 0 Å². The maximum atomic E-state index is 13.3. The predicted molar refractivity (Wildman–Crippen MR) is 134 cm³/mol. The summed E-state index contributed by atoms with van der Waals surface area (Å²) in [5, 5.41) is 2.26. The number of aryl methyl sites for hydroxylation is 1. The number of nitrogens with zero attached hydrogens (tertiary/aromatic N) is 2. The standard InChI is InChI=1S/C22H14ClN3O2S.C3H8/c1-12-6-7-13-10-24-11-18(15(13)8-12)26-21(27)20-17(25-22(26)28)9-19(29-20)14-4-2-3-5-16(14)23;1-3-2/h2-11H,1H3,(H,25,28);3H2,1-2H3. The Hall–Kier alpha value is -3.22. The van der Waals surface area contributed by atoms with Crippen LogP contribution in [0.1, 0.15) is 25.8 Å². The summed E-state index contributed by atoms with van der Waals surface area (Å²) in [7, 11) is 0. The van der Waals surface area contributed by atoms with Crippen molar-refractivity contribution in [2.75, 3.05) is 0 Å². The van der Waals surface area contributed by atoms with Crippen molar-refractivity contribution in [3.8, 4) is 16.1 Å². The van der Waals surface area contributed by atoms with Crippen LogP contribution in [0.5, 0.6) is 0 Å². The summed E-state index contributed by atoms with van der Waals surface area (Å²) in [5.41, 5.74) is 1.95. The molecule has 0 unspecified atom stereocenters. The molecule has 0 fully saturated rings. The van der Waals surface area contributed by atoms with Gasteiger partial charge in [-0.3, -0.25) is 9.78 Å². The molecule has 2 aromatic carbocycles. The van der Waals surface area contributed by atoms with E-state index in [1.807, 2.05) is 43.3 Å². The first-order chi connectivity index (χ1) is 15.4. The third-order valence-corrected chi connectivity index (χ3v) is 6.34. The Kier molecular flexibility index (Phi) is 6.26. The van der Waals surface area contributed by atoms with E-state index in [9.17, 15) is 9.59 Å². The Labute approximate surface area is 194 Å². The largest absolute Gasteiger partial charge is 0.333 e. The summed E-state index contributed by atoms with van der Waals surface area (Å²) in [6.07, 6.45) is 4.52. The fourth-order valence-electron chi connectivity index (χ4n) is 3.46. The number of aromatic amines is 1. The molecule has 0 radical (unpaired) electrons. The summed E-state index contributed by atoms with van der Waals surface area (Å²) >= 11 is 7.62. The van der Waals surface area contributed by atoms with Crippen LogP contribution in [0.2, 0.25) is 5.02 Å². The molecule has 0 saturated heterocycles. The third-order valence-electron chi connectivity index (χ3n) is 4.85. The van der Waals surface area contributed by atoms with Gasteiger partial charge in [0.25, 0.3) is 5.56 Å². The molecule has 0 aliphatic heterocycles. The number of pyridine rings is 1. The number of hydrogen-bond acceptors (Lipinski definition) is 4. The zero-order valence-electron chi connectivity index (χ0n) is 18.0. The van der Waals surface area contributed by atoms with E-state index in [0.29, 0.717) is 20.9 Å². The number of fused-ring (bicyclic) bond motifs is 2. The van der Waals surface area contributed by atoms with Gasteiger partial charge in [0, 0.05) is 32.4 Å². The van der Waals surface area contributed by atoms with Crippen LogP contribution in [0.3, 0.4) is 0 Å². The maximum absolute atomic E-state index is 13.3. The van der Waals surface area contributed by atoms with Crippen LogP contribution in [-0.4, -0.2) is 14.5 Å². The lowest BCUT2D eigenvalue weighted by molar-refractivity contribution is 0.905. The van der Waals surface area contributed by atoms with Crippen molar-refractivity contribution >= 4 is 43.9 Å². The van der Waals surface area contributed by atoms with Gasteiger partial charge in [-0.2, -0.15) is 0 Å². The monoisotopic (exact) mass is 463 g/mol. The van der Waals surface area contributed by atoms with E-state index < -0.39 is 5.69 Å². The van der Waals surface area contributed by atoms with Gasteiger partial charge in [0.1, 0.15) is 4.70 Å². The molecule has 0 amide bonds. The highest BCUT2D eigenvalue weighted by atomic mass is 35.5. The highest BCUT2D eigenvalue weighted by molar-refractivity contribution is 7.22. The fraction of sp³-hybridized carbons (Fsp3) is 0.160. The average Bonchev–Trinajstić information content (AvgIpc) is 3.19. The first kappa shape index (κ1) is 22.0. The van der Waals surface area contributed by atoms with Crippen molar-refractivity contribution in [1.82, 2.24) is 14.5 Å². The van der Waals surface area contributed by atoms with Gasteiger partial charge in [-0.1, -0.05) is 67.8 Å². The Balaban J connectivity index is 0.000000775. The number of hydrogen-bond donors (Lipinski definition) is 1. The van der Waals surface area contributed by atoms with Gasteiger partial charge in [-0.05, 0) is 25.1 Å². The molecular weight excluding hydrogens is 442 g/mol. The highest BCUT2D eigenvalue weighted by Crippen LogP contribution is 2.35. The van der Waals surface area contributed by atoms with E-state index in [0.717, 1.165) is 31.3 Å². The molecule has 5 rings (SSSR count). The molecule has 0 saturated carbocycles. The van der Waals surface area contributed by atoms with E-state index in [4.69, 9.17) is 11.6 Å². The molecule has 3 heterocycles. The third kappa shape index (κ3) is 3.99. The maximum Gasteiger partial charge on any atom is 0.333 e. The summed E-state index contributed by atoms with van der Waals surface area (Å²) in [5.74, 6) is 0. The highest BCUT2D eigenvalue weighted by Gasteiger charge is 2.16. The number of rotatable bonds is 2. The summed E-state index contributed by atoms with van der Waals surface area (Å²) < 4.78 is 1.62. The van der Waals surface area contributed by atoms with E-state index >= 15 is 0 Å². The first-order valence-corrected chi connectivity index (χ1v) is 11.5. The molecule has 0 aliphatic carbocycles. The molecule has 0 aliphatic rings. The Morgan fingerprint density at radius 2 is 1.81 bits per heavy atom. The Bertz CT molecular complexity index is 1550. The SMILES string of the molecule is CCC.Cc1ccc2cncc(-n3c(=O)[nH]c4cc(-c5ccccc5Cl)sc4c3=O)c2c1. The van der Waals surface area contributed by atoms with Crippen LogP contribution < -0.4 is 11.2 Å². The number of thiophene rings is 1. The molecule has 5 aromatic rings. The topological polar surface area (TPSA) is 67.8 Å². The number of halogens is 1. The second kappa shape index (κ2) is 9.10. The molecule has 162 valence electrons. The molecule has 0 atom stereocenters. The quantitative estimate of drug-likeness (QED) is 0.332. The summed E-state index contributed by atoms with van der Waals surface area (Å²) in [4.78, 5) is 34.0. The van der Waals surface area contributed by atoms with Crippen molar-refractivity contribution in [1.29, 1.82) is 0 Å². The zero-order valence-corrected chi connectivity index (χ0v) is 19.6. The molecular formula is C25H22ClN3O2S. The van der Waals surface area contributed by atoms with Gasteiger partial charge in [0.15, 0.2) is 0 Å². The fourth-order valence-corrected chi connectivity index (χ4v) is 4.84. The molecule has 32 heavy (non-hydrogen) atoms. The minimum atomic E-state index is -0.498. The summed E-state index contributed by atoms with van der Waals surface area (Å²) in [6.45, 7) is 6.22. The van der Waals surface area contributed by atoms with Crippen molar-refractivity contribution in [3.05, 3.63) is 92.3 Å². The van der Waals surface area contributed by atoms with E-state index in [1.54, 1.807) is 24.5 Å². The minimum absolute atomic E-state index is 0.372. The number of aromatic nitrogens is 3. The van der Waals surface area contributed by atoms with Gasteiger partial charge < -0.3 is 4.98 Å². The van der Waals surface area contributed by atoms with Gasteiger partial charge in [-0.15, -0.1) is 11.3 Å². The van der Waals surface area contributed by atoms with Crippen LogP contribution in [0, 0.1) is 6.92 Å². The zero-order chi connectivity index (χ0) is 22.8. The lowest BCUT2D eigenvalue weighted by Crippen LogP contribution is -2.33. The van der Waals surface area contributed by atoms with Crippen LogP contribution >= 0.6 is 22.9 Å². The molecule has 7 heteroatoms. The second-order valence-electron chi connectivity index (χ2n) is 7.49. The molecule has 1 N–H and O–H groups in total. The second-order valence-corrected chi connectivity index (χ2v) is 8.95. The lowest BCUT2D eigenvalue weighted by Gasteiger charge is -2.08. The van der Waals surface area contributed by atoms with Crippen LogP contribution in [0.4, 0.5) is 0 Å². The predicted octanol–water partition coefficient (Wildman–Crippen LogP) is 6.33. The van der Waals surface area contributed by atoms with Crippen LogP contribution in [0.25, 0.3) is 37.1 Å². The first-order valence-electron chi connectivity index (χ1n) is 10.3. The van der Waals surface area contributed by atoms with Gasteiger partial charge >= 0.3 is 5.69 Å². The molecule has 5 nitrogen and oxygen atoms in total. The Morgan fingerprint density at radius 3 is 2.56 bits per heavy atom. The molecule has 0 bridgehead atoms. The summed E-state index contributed by atoms with van der Waals surface area (Å²) in [6, 6.07) is 15.1. The van der Waals surface area contributed by atoms with Crippen LogP contribution in [-0.2, 0) is 0 Å². The molecule has 3 aromatic heterocycles. The van der Waals surface area contributed by atoms with Gasteiger partial charge in [0.05, 0.1) is 17.4 Å². The van der Waals surface area contributed by atoms with Crippen LogP contribution in [0.15, 0.2) is 70.5 Å². The smallest absolute Gasteiger partial charge is 0.306 e. The average molecular weight is 464 g/mol. The van der Waals surface area contributed by atoms with E-state index in [-0.39, 0.29) is 5.56 Å². The van der Waals surface area contributed by atoms with E-state index in [2.05, 4.69) is 23.8 Å². The number of nitrogens with one attached hydrogen (secondary N) is 1. The van der Waals surface area contributed by atoms with Crippen molar-refractivity contribution < 1.29 is 0 Å². The van der Waals surface area contributed by atoms with Crippen molar-refractivity contribution in [2.45, 2.75) is 27.2 Å². The number of benzene rings is 2. The van der Waals surface area contributed by atoms with Crippen molar-refractivity contribution in [2.24, 2.45) is 0 Å². The molecule has 0 spiro atoms. The Morgan fingerprint density at radius 1 is 1.06 bits per heavy atom.